The molecule has 0 saturated heterocycles. The zero-order valence-corrected chi connectivity index (χ0v) is 37.4. The summed E-state index contributed by atoms with van der Waals surface area (Å²) >= 11 is 1.26. The molecule has 0 bridgehead atoms. The van der Waals surface area contributed by atoms with Crippen LogP contribution in [-0.2, 0) is 19.7 Å². The highest BCUT2D eigenvalue weighted by molar-refractivity contribution is 7.95. The molecule has 0 unspecified atom stereocenters. The van der Waals surface area contributed by atoms with Crippen LogP contribution in [0.25, 0.3) is 20.9 Å². The summed E-state index contributed by atoms with van der Waals surface area (Å²) in [4.78, 5) is 5.08. The van der Waals surface area contributed by atoms with Crippen molar-refractivity contribution in [3.8, 4) is 20.9 Å². The summed E-state index contributed by atoms with van der Waals surface area (Å²) in [6, 6.07) is 56.1. The molecular formula is C52H54N2O4S3. The summed E-state index contributed by atoms with van der Waals surface area (Å²) in [5.74, 6) is -0.241. The van der Waals surface area contributed by atoms with Gasteiger partial charge in [-0.25, -0.2) is 16.8 Å². The van der Waals surface area contributed by atoms with Crippen LogP contribution in [0, 0.1) is 0 Å². The van der Waals surface area contributed by atoms with Crippen molar-refractivity contribution in [2.24, 2.45) is 0 Å². The fourth-order valence-electron chi connectivity index (χ4n) is 7.71. The molecule has 0 aliphatic rings. The van der Waals surface area contributed by atoms with Crippen molar-refractivity contribution in [1.82, 2.24) is 0 Å². The van der Waals surface area contributed by atoms with E-state index in [2.05, 4.69) is 72.2 Å². The molecule has 0 spiro atoms. The average molecular weight is 867 g/mol. The highest BCUT2D eigenvalue weighted by Gasteiger charge is 2.36. The highest BCUT2D eigenvalue weighted by atomic mass is 32.2. The van der Waals surface area contributed by atoms with E-state index in [0.29, 0.717) is 33.7 Å². The first-order valence-corrected chi connectivity index (χ1v) is 25.5. The Morgan fingerprint density at radius 2 is 0.639 bits per heavy atom. The largest absolute Gasteiger partial charge is 0.311 e. The first kappa shape index (κ1) is 43.6. The van der Waals surface area contributed by atoms with E-state index in [0.717, 1.165) is 72.6 Å². The first-order valence-electron chi connectivity index (χ1n) is 21.4. The Balaban J connectivity index is 1.39. The zero-order valence-electron chi connectivity index (χ0n) is 35.0. The van der Waals surface area contributed by atoms with Crippen molar-refractivity contribution < 1.29 is 16.8 Å². The summed E-state index contributed by atoms with van der Waals surface area (Å²) in [6.07, 6.45) is 6.18. The number of hydrogen-bond donors (Lipinski definition) is 0. The van der Waals surface area contributed by atoms with Crippen LogP contribution >= 0.6 is 11.3 Å². The highest BCUT2D eigenvalue weighted by Crippen LogP contribution is 2.49. The molecule has 9 heteroatoms. The van der Waals surface area contributed by atoms with Gasteiger partial charge in [-0.2, -0.15) is 0 Å². The Hall–Kier alpha value is -5.48. The lowest BCUT2D eigenvalue weighted by Crippen LogP contribution is -2.15. The van der Waals surface area contributed by atoms with Crippen molar-refractivity contribution in [2.75, 3.05) is 21.3 Å². The molecule has 6 aromatic carbocycles. The van der Waals surface area contributed by atoms with Crippen molar-refractivity contribution in [1.29, 1.82) is 0 Å². The maximum Gasteiger partial charge on any atom is 0.181 e. The normalized spacial score (nSPS) is 11.7. The Morgan fingerprint density at radius 1 is 0.361 bits per heavy atom. The molecule has 0 atom stereocenters. The zero-order chi connectivity index (χ0) is 42.7. The van der Waals surface area contributed by atoms with Crippen LogP contribution in [0.4, 0.5) is 34.1 Å². The monoisotopic (exact) mass is 866 g/mol. The Labute approximate surface area is 367 Å². The van der Waals surface area contributed by atoms with E-state index >= 15 is 0 Å². The molecule has 0 saturated carbocycles. The Bertz CT molecular complexity index is 2400. The Morgan fingerprint density at radius 3 is 0.918 bits per heavy atom. The van der Waals surface area contributed by atoms with E-state index in [1.54, 1.807) is 0 Å². The molecule has 0 aliphatic carbocycles. The number of anilines is 6. The van der Waals surface area contributed by atoms with E-state index in [-0.39, 0.29) is 21.3 Å². The minimum atomic E-state index is -4.05. The molecule has 0 aliphatic heterocycles. The fraction of sp³-hybridized carbons (Fsp3) is 0.231. The van der Waals surface area contributed by atoms with Gasteiger partial charge in [0.25, 0.3) is 0 Å². The number of unbranched alkanes of at least 4 members (excludes halogenated alkanes) is 6. The Kier molecular flexibility index (Phi) is 14.6. The van der Waals surface area contributed by atoms with Crippen LogP contribution in [-0.4, -0.2) is 28.3 Å². The van der Waals surface area contributed by atoms with Crippen LogP contribution in [0.1, 0.15) is 65.2 Å². The SMILES string of the molecule is CCCCCCS(=O)(=O)c1c(-c2ccc(N(c3ccccc3)c3ccccc3)cc2)sc(-c2ccc(N(c3ccccc3)c3ccccc3)cc2)c1S(=O)(=O)CCCCCC. The fourth-order valence-corrected chi connectivity index (χ4v) is 13.9. The van der Waals surface area contributed by atoms with Crippen LogP contribution in [0.15, 0.2) is 180 Å². The van der Waals surface area contributed by atoms with Crippen LogP contribution in [0.2, 0.25) is 0 Å². The van der Waals surface area contributed by atoms with Gasteiger partial charge in [-0.15, -0.1) is 11.3 Å². The topological polar surface area (TPSA) is 74.8 Å². The molecule has 6 nitrogen and oxygen atoms in total. The van der Waals surface area contributed by atoms with E-state index in [1.807, 2.05) is 121 Å². The molecule has 0 fully saturated rings. The van der Waals surface area contributed by atoms with Crippen LogP contribution in [0.3, 0.4) is 0 Å². The lowest BCUT2D eigenvalue weighted by molar-refractivity contribution is 0.577. The van der Waals surface area contributed by atoms with Gasteiger partial charge in [-0.05, 0) is 96.8 Å². The molecule has 7 aromatic rings. The minimum Gasteiger partial charge on any atom is -0.311 e. The van der Waals surface area contributed by atoms with Crippen LogP contribution < -0.4 is 9.80 Å². The lowest BCUT2D eigenvalue weighted by atomic mass is 10.1. The summed E-state index contributed by atoms with van der Waals surface area (Å²) in [7, 11) is -8.10. The molecule has 1 aromatic heterocycles. The van der Waals surface area contributed by atoms with Gasteiger partial charge in [-0.1, -0.05) is 149 Å². The number of hydrogen-bond acceptors (Lipinski definition) is 7. The van der Waals surface area contributed by atoms with Gasteiger partial charge in [0.1, 0.15) is 9.79 Å². The quantitative estimate of drug-likeness (QED) is 0.0711. The minimum absolute atomic E-state index is 0.0607. The number of nitrogens with zero attached hydrogens (tertiary/aromatic N) is 2. The first-order chi connectivity index (χ1) is 29.7. The van der Waals surface area contributed by atoms with Crippen molar-refractivity contribution in [3.63, 3.8) is 0 Å². The van der Waals surface area contributed by atoms with E-state index in [4.69, 9.17) is 0 Å². The lowest BCUT2D eigenvalue weighted by Gasteiger charge is -2.25. The van der Waals surface area contributed by atoms with Gasteiger partial charge in [0, 0.05) is 34.1 Å². The van der Waals surface area contributed by atoms with Gasteiger partial charge in [-0.3, -0.25) is 0 Å². The summed E-state index contributed by atoms with van der Waals surface area (Å²) in [5.41, 5.74) is 7.02. The van der Waals surface area contributed by atoms with Gasteiger partial charge < -0.3 is 9.80 Å². The second-order valence-electron chi connectivity index (χ2n) is 15.3. The summed E-state index contributed by atoms with van der Waals surface area (Å²) in [6.45, 7) is 4.18. The number of benzene rings is 6. The third kappa shape index (κ3) is 10.4. The molecule has 61 heavy (non-hydrogen) atoms. The van der Waals surface area contributed by atoms with Crippen molar-refractivity contribution in [2.45, 2.75) is 75.0 Å². The molecule has 7 rings (SSSR count). The van der Waals surface area contributed by atoms with E-state index < -0.39 is 19.7 Å². The summed E-state index contributed by atoms with van der Waals surface area (Å²) in [5, 5.41) is 0. The molecule has 0 radical (unpaired) electrons. The number of rotatable bonds is 20. The number of para-hydroxylation sites is 4. The second-order valence-corrected chi connectivity index (χ2v) is 20.4. The molecule has 0 N–H and O–H groups in total. The average Bonchev–Trinajstić information content (AvgIpc) is 3.72. The van der Waals surface area contributed by atoms with E-state index in [1.165, 1.54) is 11.3 Å². The van der Waals surface area contributed by atoms with Crippen molar-refractivity contribution in [3.05, 3.63) is 170 Å². The molecule has 0 amide bonds. The van der Waals surface area contributed by atoms with Crippen molar-refractivity contribution >= 4 is 65.1 Å². The van der Waals surface area contributed by atoms with Gasteiger partial charge in [0.05, 0.1) is 21.3 Å². The maximum atomic E-state index is 14.8. The third-order valence-electron chi connectivity index (χ3n) is 10.8. The van der Waals surface area contributed by atoms with Crippen LogP contribution in [0.5, 0.6) is 0 Å². The van der Waals surface area contributed by atoms with Gasteiger partial charge in [0.2, 0.25) is 0 Å². The smallest absolute Gasteiger partial charge is 0.181 e. The number of thiophene rings is 1. The summed E-state index contributed by atoms with van der Waals surface area (Å²) < 4.78 is 59.2. The second kappa shape index (κ2) is 20.4. The number of sulfone groups is 2. The van der Waals surface area contributed by atoms with Gasteiger partial charge in [0.15, 0.2) is 19.7 Å². The molecular weight excluding hydrogens is 813 g/mol. The molecule has 314 valence electrons. The third-order valence-corrected chi connectivity index (χ3v) is 16.2. The standard InChI is InChI=1S/C52H54N2O4S3/c1-3-5-7-21-39-60(55,56)51-49(41-31-35-47(36-32-41)53(43-23-13-9-14-24-43)44-25-15-10-16-26-44)59-50(52(51)61(57,58)40-22-8-6-4-2)42-33-37-48(38-34-42)54(45-27-17-11-18-28-45)46-29-19-12-20-30-46/h9-20,23-38H,3-8,21-22,39-40H2,1-2H3. The predicted molar refractivity (Wildman–Crippen MR) is 257 cm³/mol. The van der Waals surface area contributed by atoms with Gasteiger partial charge >= 0.3 is 0 Å². The van der Waals surface area contributed by atoms with E-state index in [9.17, 15) is 16.8 Å². The molecule has 1 heterocycles. The maximum absolute atomic E-state index is 14.8. The predicted octanol–water partition coefficient (Wildman–Crippen LogP) is 14.7.